The van der Waals surface area contributed by atoms with Gasteiger partial charge in [-0.05, 0) is 13.8 Å². The molecule has 76 valence electrons. The fourth-order valence-electron chi connectivity index (χ4n) is 0.691. The number of carbonyl (C=O) groups is 1. The molecule has 2 N–H and O–H groups in total. The zero-order chi connectivity index (χ0) is 10.9. The van der Waals surface area contributed by atoms with Gasteiger partial charge in [0.15, 0.2) is 0 Å². The van der Waals surface area contributed by atoms with Crippen LogP contribution in [0.5, 0.6) is 0 Å². The van der Waals surface area contributed by atoms with Gasteiger partial charge < -0.3 is 10.0 Å². The highest BCUT2D eigenvalue weighted by Gasteiger charge is 2.39. The fourth-order valence-corrected chi connectivity index (χ4v) is 0.784. The summed E-state index contributed by atoms with van der Waals surface area (Å²) in [5, 5.41) is 0. The summed E-state index contributed by atoms with van der Waals surface area (Å²) in [6.45, 7) is 10.9. The summed E-state index contributed by atoms with van der Waals surface area (Å²) in [4.78, 5) is 11.1. The van der Waals surface area contributed by atoms with E-state index in [9.17, 15) is 4.79 Å². The second-order valence-electron chi connectivity index (χ2n) is 4.19. The molecule has 0 bridgehead atoms. The first kappa shape index (κ1) is 12.5. The molecule has 0 fully saturated rings. The molecule has 0 saturated heterocycles. The predicted molar refractivity (Wildman–Crippen MR) is 53.1 cm³/mol. The Hall–Kier alpha value is -0.540. The molecule has 0 aromatic rings. The second-order valence-corrected chi connectivity index (χ2v) is 4.34. The van der Waals surface area contributed by atoms with Gasteiger partial charge >= 0.3 is 5.97 Å². The van der Waals surface area contributed by atoms with Gasteiger partial charge in [0.05, 0.1) is 0 Å². The maximum atomic E-state index is 11.1. The van der Waals surface area contributed by atoms with E-state index in [0.29, 0.717) is 0 Å². The van der Waals surface area contributed by atoms with E-state index in [2.05, 4.69) is 10.9 Å². The number of carbonyl (C=O) groups excluding carboxylic acids is 1. The minimum absolute atomic E-state index is 0.273. The molecule has 0 saturated carbocycles. The number of nitrogens with two attached hydrogens (primary N) is 1. The molecule has 0 aromatic heterocycles. The molecule has 0 spiro atoms. The Morgan fingerprint density at radius 2 is 1.77 bits per heavy atom. The molecule has 0 heterocycles. The van der Waals surface area contributed by atoms with E-state index >= 15 is 0 Å². The van der Waals surface area contributed by atoms with Gasteiger partial charge in [-0.15, -0.1) is 0 Å². The molecule has 0 unspecified atom stereocenters. The summed E-state index contributed by atoms with van der Waals surface area (Å²) >= 11 is 4.95. The van der Waals surface area contributed by atoms with Gasteiger partial charge in [0.1, 0.15) is 11.9 Å². The first-order chi connectivity index (χ1) is 5.64. The van der Waals surface area contributed by atoms with Gasteiger partial charge in [-0.2, -0.15) is 0 Å². The maximum Gasteiger partial charge on any atom is 0.352 e. The summed E-state index contributed by atoms with van der Waals surface area (Å²) < 4.78 is 4.07. The van der Waals surface area contributed by atoms with Crippen molar-refractivity contribution >= 4 is 17.8 Å². The van der Waals surface area contributed by atoms with E-state index in [1.165, 1.54) is 0 Å². The third-order valence-electron chi connectivity index (χ3n) is 2.68. The lowest BCUT2D eigenvalue weighted by Crippen LogP contribution is -2.49. The Bertz CT molecular complexity index is 228. The Kier molecular flexibility index (Phi) is 3.53. The SMILES string of the molecule is C=C(C(=O)OCl)C(C)(C)C(C)(C)N. The van der Waals surface area contributed by atoms with Crippen molar-refractivity contribution in [3.8, 4) is 0 Å². The van der Waals surface area contributed by atoms with Crippen molar-refractivity contribution in [3.63, 3.8) is 0 Å². The molecule has 0 atom stereocenters. The van der Waals surface area contributed by atoms with E-state index in [1.54, 1.807) is 0 Å². The summed E-state index contributed by atoms with van der Waals surface area (Å²) in [6.07, 6.45) is 0. The summed E-state index contributed by atoms with van der Waals surface area (Å²) in [5.74, 6) is -0.634. The van der Waals surface area contributed by atoms with E-state index < -0.39 is 16.9 Å². The highest BCUT2D eigenvalue weighted by molar-refractivity contribution is 6.15. The minimum atomic E-state index is -0.634. The largest absolute Gasteiger partial charge is 0.352 e. The van der Waals surface area contributed by atoms with Gasteiger partial charge in [-0.25, -0.2) is 4.79 Å². The molecular formula is C9H16ClNO2. The Morgan fingerprint density at radius 3 is 2.00 bits per heavy atom. The predicted octanol–water partition coefficient (Wildman–Crippen LogP) is 2.00. The topological polar surface area (TPSA) is 52.3 Å². The quantitative estimate of drug-likeness (QED) is 0.718. The first-order valence-corrected chi connectivity index (χ1v) is 4.26. The van der Waals surface area contributed by atoms with Gasteiger partial charge in [-0.3, -0.25) is 0 Å². The van der Waals surface area contributed by atoms with Crippen LogP contribution in [0.3, 0.4) is 0 Å². The third kappa shape index (κ3) is 2.45. The van der Waals surface area contributed by atoms with Gasteiger partial charge in [-0.1, -0.05) is 20.4 Å². The lowest BCUT2D eigenvalue weighted by atomic mass is 9.70. The van der Waals surface area contributed by atoms with Crippen LogP contribution in [0.25, 0.3) is 0 Å². The average molecular weight is 206 g/mol. The molecule has 0 radical (unpaired) electrons. The van der Waals surface area contributed by atoms with Crippen molar-refractivity contribution in [2.45, 2.75) is 33.2 Å². The van der Waals surface area contributed by atoms with Gasteiger partial charge in [0, 0.05) is 16.5 Å². The van der Waals surface area contributed by atoms with Crippen molar-refractivity contribution in [1.29, 1.82) is 0 Å². The summed E-state index contributed by atoms with van der Waals surface area (Å²) in [7, 11) is 0. The number of halogens is 1. The average Bonchev–Trinajstić information content (AvgIpc) is 1.99. The monoisotopic (exact) mass is 205 g/mol. The Labute approximate surface area is 84.1 Å². The van der Waals surface area contributed by atoms with Crippen molar-refractivity contribution in [3.05, 3.63) is 12.2 Å². The van der Waals surface area contributed by atoms with Crippen LogP contribution >= 0.6 is 11.9 Å². The molecule has 4 heteroatoms. The van der Waals surface area contributed by atoms with E-state index in [4.69, 9.17) is 17.6 Å². The zero-order valence-corrected chi connectivity index (χ0v) is 9.23. The van der Waals surface area contributed by atoms with E-state index in [1.807, 2.05) is 27.7 Å². The van der Waals surface area contributed by atoms with Crippen molar-refractivity contribution in [2.75, 3.05) is 0 Å². The fraction of sp³-hybridized carbons (Fsp3) is 0.667. The van der Waals surface area contributed by atoms with Crippen LogP contribution in [0.15, 0.2) is 12.2 Å². The second kappa shape index (κ2) is 3.68. The number of rotatable bonds is 3. The summed E-state index contributed by atoms with van der Waals surface area (Å²) in [5.41, 5.74) is 5.05. The maximum absolute atomic E-state index is 11.1. The number of hydrogen-bond acceptors (Lipinski definition) is 3. The van der Waals surface area contributed by atoms with E-state index in [0.717, 1.165) is 0 Å². The lowest BCUT2D eigenvalue weighted by Gasteiger charge is -2.38. The Balaban J connectivity index is 4.86. The number of hydrogen-bond donors (Lipinski definition) is 1. The highest BCUT2D eigenvalue weighted by atomic mass is 35.5. The summed E-state index contributed by atoms with van der Waals surface area (Å²) in [6, 6.07) is 0. The van der Waals surface area contributed by atoms with Crippen molar-refractivity contribution in [2.24, 2.45) is 11.1 Å². The van der Waals surface area contributed by atoms with Crippen LogP contribution in [-0.4, -0.2) is 11.5 Å². The molecule has 0 rings (SSSR count). The van der Waals surface area contributed by atoms with Crippen LogP contribution < -0.4 is 5.73 Å². The minimum Gasteiger partial charge on any atom is -0.343 e. The Morgan fingerprint density at radius 1 is 1.38 bits per heavy atom. The standard InChI is InChI=1S/C9H16ClNO2/c1-6(7(12)13-10)8(2,3)9(4,5)11/h1,11H2,2-5H3. The van der Waals surface area contributed by atoms with Crippen LogP contribution in [0.4, 0.5) is 0 Å². The molecule has 0 amide bonds. The van der Waals surface area contributed by atoms with Crippen LogP contribution in [0.1, 0.15) is 27.7 Å². The molecule has 0 aliphatic carbocycles. The molecule has 13 heavy (non-hydrogen) atoms. The normalized spacial score (nSPS) is 12.5. The van der Waals surface area contributed by atoms with Crippen molar-refractivity contribution in [1.82, 2.24) is 0 Å². The molecule has 0 aromatic carbocycles. The zero-order valence-electron chi connectivity index (χ0n) is 8.48. The van der Waals surface area contributed by atoms with Crippen molar-refractivity contribution < 1.29 is 9.08 Å². The van der Waals surface area contributed by atoms with Crippen LogP contribution in [0, 0.1) is 5.41 Å². The van der Waals surface area contributed by atoms with Crippen LogP contribution in [0.2, 0.25) is 0 Å². The molecular weight excluding hydrogens is 190 g/mol. The van der Waals surface area contributed by atoms with E-state index in [-0.39, 0.29) is 5.57 Å². The molecule has 3 nitrogen and oxygen atoms in total. The van der Waals surface area contributed by atoms with Crippen LogP contribution in [-0.2, 0) is 9.08 Å². The lowest BCUT2D eigenvalue weighted by molar-refractivity contribution is -0.131. The highest BCUT2D eigenvalue weighted by Crippen LogP contribution is 2.35. The van der Waals surface area contributed by atoms with Gasteiger partial charge in [0.2, 0.25) is 0 Å². The molecule has 0 aliphatic rings. The first-order valence-electron chi connectivity index (χ1n) is 3.95. The van der Waals surface area contributed by atoms with Gasteiger partial charge in [0.25, 0.3) is 0 Å². The molecule has 0 aliphatic heterocycles. The third-order valence-corrected chi connectivity index (χ3v) is 2.82. The smallest absolute Gasteiger partial charge is 0.343 e.